The van der Waals surface area contributed by atoms with Crippen LogP contribution in [0.2, 0.25) is 0 Å². The highest BCUT2D eigenvalue weighted by Crippen LogP contribution is 2.04. The van der Waals surface area contributed by atoms with E-state index in [0.29, 0.717) is 12.1 Å². The van der Waals surface area contributed by atoms with E-state index in [1.54, 1.807) is 12.1 Å². The highest BCUT2D eigenvalue weighted by molar-refractivity contribution is 5.85. The number of amides is 2. The summed E-state index contributed by atoms with van der Waals surface area (Å²) in [5, 5.41) is 5.26. The van der Waals surface area contributed by atoms with Crippen molar-refractivity contribution >= 4 is 11.8 Å². The van der Waals surface area contributed by atoms with Gasteiger partial charge in [0, 0.05) is 6.54 Å². The van der Waals surface area contributed by atoms with Crippen molar-refractivity contribution in [1.82, 2.24) is 10.6 Å². The van der Waals surface area contributed by atoms with Crippen LogP contribution in [-0.2, 0) is 22.6 Å². The Hall–Kier alpha value is -2.69. The summed E-state index contributed by atoms with van der Waals surface area (Å²) in [6, 6.07) is 13.7. The fraction of sp³-hybridized carbons (Fsp3) is 0.222. The Balaban J connectivity index is 1.71. The molecule has 0 aromatic heterocycles. The van der Waals surface area contributed by atoms with Gasteiger partial charge in [0.1, 0.15) is 5.82 Å². The lowest BCUT2D eigenvalue weighted by Gasteiger charge is -2.07. The van der Waals surface area contributed by atoms with Crippen LogP contribution in [0.1, 0.15) is 16.7 Å². The van der Waals surface area contributed by atoms with Gasteiger partial charge in [-0.1, -0.05) is 42.0 Å². The first-order chi connectivity index (χ1) is 11.0. The van der Waals surface area contributed by atoms with Crippen LogP contribution in [-0.4, -0.2) is 18.4 Å². The SMILES string of the molecule is Cc1ccc(CNC(=O)CNC(=O)Cc2cccc(F)c2)cc1. The van der Waals surface area contributed by atoms with Crippen molar-refractivity contribution in [3.05, 3.63) is 71.0 Å². The van der Waals surface area contributed by atoms with Gasteiger partial charge in [-0.05, 0) is 30.2 Å². The van der Waals surface area contributed by atoms with E-state index in [2.05, 4.69) is 10.6 Å². The van der Waals surface area contributed by atoms with Gasteiger partial charge < -0.3 is 10.6 Å². The largest absolute Gasteiger partial charge is 0.350 e. The summed E-state index contributed by atoms with van der Waals surface area (Å²) in [5.41, 5.74) is 2.72. The summed E-state index contributed by atoms with van der Waals surface area (Å²) in [6.07, 6.45) is 0.0446. The smallest absolute Gasteiger partial charge is 0.239 e. The molecule has 2 rings (SSSR count). The third kappa shape index (κ3) is 5.90. The zero-order valence-corrected chi connectivity index (χ0v) is 12.9. The second kappa shape index (κ2) is 8.08. The zero-order chi connectivity index (χ0) is 16.7. The zero-order valence-electron chi connectivity index (χ0n) is 12.9. The Bertz CT molecular complexity index is 684. The quantitative estimate of drug-likeness (QED) is 0.858. The van der Waals surface area contributed by atoms with Crippen molar-refractivity contribution in [2.24, 2.45) is 0 Å². The van der Waals surface area contributed by atoms with Gasteiger partial charge in [-0.25, -0.2) is 4.39 Å². The highest BCUT2D eigenvalue weighted by Gasteiger charge is 2.07. The summed E-state index contributed by atoms with van der Waals surface area (Å²) in [5.74, 6) is -0.967. The molecule has 5 heteroatoms. The highest BCUT2D eigenvalue weighted by atomic mass is 19.1. The van der Waals surface area contributed by atoms with Gasteiger partial charge >= 0.3 is 0 Å². The van der Waals surface area contributed by atoms with Crippen molar-refractivity contribution in [3.63, 3.8) is 0 Å². The van der Waals surface area contributed by atoms with Gasteiger partial charge in [-0.15, -0.1) is 0 Å². The molecule has 4 nitrogen and oxygen atoms in total. The fourth-order valence-corrected chi connectivity index (χ4v) is 2.04. The molecule has 0 saturated heterocycles. The first kappa shape index (κ1) is 16.7. The first-order valence-corrected chi connectivity index (χ1v) is 7.36. The normalized spacial score (nSPS) is 10.2. The Labute approximate surface area is 134 Å². The predicted octanol–water partition coefficient (Wildman–Crippen LogP) is 2.11. The number of carbonyl (C=O) groups is 2. The predicted molar refractivity (Wildman–Crippen MR) is 86.1 cm³/mol. The van der Waals surface area contributed by atoms with Crippen LogP contribution < -0.4 is 10.6 Å². The molecule has 2 aromatic carbocycles. The monoisotopic (exact) mass is 314 g/mol. The Morgan fingerprint density at radius 1 is 0.957 bits per heavy atom. The lowest BCUT2D eigenvalue weighted by molar-refractivity contribution is -0.125. The van der Waals surface area contributed by atoms with Gasteiger partial charge in [0.05, 0.1) is 13.0 Å². The minimum absolute atomic E-state index is 0.0446. The molecule has 2 aromatic rings. The molecule has 2 N–H and O–H groups in total. The minimum atomic E-state index is -0.383. The van der Waals surface area contributed by atoms with Crippen molar-refractivity contribution in [2.75, 3.05) is 6.54 Å². The Kier molecular flexibility index (Phi) is 5.86. The first-order valence-electron chi connectivity index (χ1n) is 7.36. The maximum atomic E-state index is 13.0. The van der Waals surface area contributed by atoms with E-state index < -0.39 is 0 Å². The molecular weight excluding hydrogens is 295 g/mol. The lowest BCUT2D eigenvalue weighted by atomic mass is 10.1. The van der Waals surface area contributed by atoms with Crippen molar-refractivity contribution in [1.29, 1.82) is 0 Å². The van der Waals surface area contributed by atoms with E-state index >= 15 is 0 Å². The van der Waals surface area contributed by atoms with E-state index in [1.165, 1.54) is 12.1 Å². The number of rotatable bonds is 6. The summed E-state index contributed by atoms with van der Waals surface area (Å²) in [7, 11) is 0. The third-order valence-electron chi connectivity index (χ3n) is 3.31. The van der Waals surface area contributed by atoms with Crippen LogP contribution in [0.15, 0.2) is 48.5 Å². The summed E-state index contributed by atoms with van der Waals surface area (Å²) in [4.78, 5) is 23.4. The van der Waals surface area contributed by atoms with Crippen molar-refractivity contribution in [2.45, 2.75) is 19.9 Å². The maximum absolute atomic E-state index is 13.0. The standard InChI is InChI=1S/C18H19FN2O2/c1-13-5-7-14(8-6-13)11-20-18(23)12-21-17(22)10-15-3-2-4-16(19)9-15/h2-9H,10-12H2,1H3,(H,20,23)(H,21,22). The van der Waals surface area contributed by atoms with Gasteiger partial charge in [-0.2, -0.15) is 0 Å². The molecule has 0 aliphatic carbocycles. The Morgan fingerprint density at radius 2 is 1.70 bits per heavy atom. The fourth-order valence-electron chi connectivity index (χ4n) is 2.04. The van der Waals surface area contributed by atoms with Gasteiger partial charge in [0.25, 0.3) is 0 Å². The number of nitrogens with one attached hydrogen (secondary N) is 2. The molecule has 0 radical (unpaired) electrons. The van der Waals surface area contributed by atoms with E-state index in [-0.39, 0.29) is 30.6 Å². The van der Waals surface area contributed by atoms with E-state index in [0.717, 1.165) is 11.1 Å². The number of benzene rings is 2. The van der Waals surface area contributed by atoms with Crippen LogP contribution in [0.3, 0.4) is 0 Å². The van der Waals surface area contributed by atoms with E-state index in [4.69, 9.17) is 0 Å². The van der Waals surface area contributed by atoms with Crippen LogP contribution in [0, 0.1) is 12.7 Å². The second-order valence-electron chi connectivity index (χ2n) is 5.35. The van der Waals surface area contributed by atoms with Gasteiger partial charge in [0.15, 0.2) is 0 Å². The third-order valence-corrected chi connectivity index (χ3v) is 3.31. The van der Waals surface area contributed by atoms with Gasteiger partial charge in [0.2, 0.25) is 11.8 Å². The second-order valence-corrected chi connectivity index (χ2v) is 5.35. The van der Waals surface area contributed by atoms with Crippen molar-refractivity contribution < 1.29 is 14.0 Å². The topological polar surface area (TPSA) is 58.2 Å². The van der Waals surface area contributed by atoms with Crippen LogP contribution in [0.4, 0.5) is 4.39 Å². The summed E-state index contributed by atoms with van der Waals surface area (Å²) < 4.78 is 13.0. The van der Waals surface area contributed by atoms with Crippen LogP contribution >= 0.6 is 0 Å². The van der Waals surface area contributed by atoms with Crippen molar-refractivity contribution in [3.8, 4) is 0 Å². The molecular formula is C18H19FN2O2. The molecule has 0 saturated carbocycles. The molecule has 2 amide bonds. The molecule has 0 aliphatic heterocycles. The van der Waals surface area contributed by atoms with Gasteiger partial charge in [-0.3, -0.25) is 9.59 Å². The molecule has 0 bridgehead atoms. The summed E-state index contributed by atoms with van der Waals surface area (Å²) in [6.45, 7) is 2.31. The van der Waals surface area contributed by atoms with Crippen LogP contribution in [0.5, 0.6) is 0 Å². The molecule has 120 valence electrons. The molecule has 23 heavy (non-hydrogen) atoms. The lowest BCUT2D eigenvalue weighted by Crippen LogP contribution is -2.37. The molecule has 0 atom stereocenters. The molecule has 0 unspecified atom stereocenters. The average Bonchev–Trinajstić information content (AvgIpc) is 2.52. The minimum Gasteiger partial charge on any atom is -0.350 e. The molecule has 0 fully saturated rings. The molecule has 0 heterocycles. The maximum Gasteiger partial charge on any atom is 0.239 e. The number of carbonyl (C=O) groups excluding carboxylic acids is 2. The average molecular weight is 314 g/mol. The Morgan fingerprint density at radius 3 is 2.39 bits per heavy atom. The van der Waals surface area contributed by atoms with E-state index in [9.17, 15) is 14.0 Å². The number of aryl methyl sites for hydroxylation is 1. The molecule has 0 spiro atoms. The van der Waals surface area contributed by atoms with Crippen LogP contribution in [0.25, 0.3) is 0 Å². The number of hydrogen-bond acceptors (Lipinski definition) is 2. The number of halogens is 1. The summed E-state index contributed by atoms with van der Waals surface area (Å²) >= 11 is 0. The molecule has 0 aliphatic rings. The number of hydrogen-bond donors (Lipinski definition) is 2. The van der Waals surface area contributed by atoms with E-state index in [1.807, 2.05) is 31.2 Å².